The summed E-state index contributed by atoms with van der Waals surface area (Å²) in [4.78, 5) is 2.50. The summed E-state index contributed by atoms with van der Waals surface area (Å²) >= 11 is 4.22. The lowest BCUT2D eigenvalue weighted by Gasteiger charge is -2.26. The first-order chi connectivity index (χ1) is 7.07. The van der Waals surface area contributed by atoms with Gasteiger partial charge in [0.05, 0.1) is 0 Å². The summed E-state index contributed by atoms with van der Waals surface area (Å²) in [5.41, 5.74) is 0. The molecule has 0 radical (unpaired) electrons. The van der Waals surface area contributed by atoms with E-state index in [1.165, 1.54) is 38.6 Å². The molecule has 1 nitrogen and oxygen atoms in total. The van der Waals surface area contributed by atoms with E-state index in [0.29, 0.717) is 0 Å². The highest BCUT2D eigenvalue weighted by Gasteiger charge is 2.09. The molecule has 0 heterocycles. The molecule has 0 saturated heterocycles. The quantitative estimate of drug-likeness (QED) is 0.466. The molecule has 1 unspecified atom stereocenters. The molecule has 0 amide bonds. The zero-order valence-corrected chi connectivity index (χ0v) is 11.9. The third kappa shape index (κ3) is 9.25. The van der Waals surface area contributed by atoms with Gasteiger partial charge in [0, 0.05) is 6.04 Å². The SMILES string of the molecule is CC(C)CC(C)N(C)CCCCCCS. The zero-order valence-electron chi connectivity index (χ0n) is 11.0. The van der Waals surface area contributed by atoms with E-state index < -0.39 is 0 Å². The monoisotopic (exact) mass is 231 g/mol. The Morgan fingerprint density at radius 3 is 2.13 bits per heavy atom. The van der Waals surface area contributed by atoms with E-state index in [-0.39, 0.29) is 0 Å². The van der Waals surface area contributed by atoms with Crippen LogP contribution in [0.5, 0.6) is 0 Å². The van der Waals surface area contributed by atoms with Gasteiger partial charge in [0.2, 0.25) is 0 Å². The van der Waals surface area contributed by atoms with E-state index in [4.69, 9.17) is 0 Å². The predicted octanol–water partition coefficient (Wildman–Crippen LogP) is 3.84. The minimum atomic E-state index is 0.731. The molecule has 0 spiro atoms. The molecule has 0 aromatic heterocycles. The summed E-state index contributed by atoms with van der Waals surface area (Å²) in [5.74, 6) is 1.85. The molecule has 0 aromatic rings. The van der Waals surface area contributed by atoms with Crippen LogP contribution < -0.4 is 0 Å². The minimum absolute atomic E-state index is 0.731. The number of thiol groups is 1. The van der Waals surface area contributed by atoms with E-state index in [1.807, 2.05) is 0 Å². The summed E-state index contributed by atoms with van der Waals surface area (Å²) < 4.78 is 0. The van der Waals surface area contributed by atoms with Crippen molar-refractivity contribution in [1.82, 2.24) is 4.90 Å². The van der Waals surface area contributed by atoms with Gasteiger partial charge in [0.25, 0.3) is 0 Å². The Morgan fingerprint density at radius 2 is 1.60 bits per heavy atom. The van der Waals surface area contributed by atoms with Crippen LogP contribution in [0, 0.1) is 5.92 Å². The van der Waals surface area contributed by atoms with Crippen molar-refractivity contribution in [2.24, 2.45) is 5.92 Å². The number of hydrogen-bond acceptors (Lipinski definition) is 2. The van der Waals surface area contributed by atoms with Gasteiger partial charge in [-0.15, -0.1) is 0 Å². The summed E-state index contributed by atoms with van der Waals surface area (Å²) in [5, 5.41) is 0. The maximum Gasteiger partial charge on any atom is 0.00663 e. The zero-order chi connectivity index (χ0) is 11.7. The molecule has 2 heteroatoms. The molecule has 0 rings (SSSR count). The number of rotatable bonds is 9. The minimum Gasteiger partial charge on any atom is -0.304 e. The lowest BCUT2D eigenvalue weighted by molar-refractivity contribution is 0.224. The molecular formula is C13H29NS. The van der Waals surface area contributed by atoms with Gasteiger partial charge in [-0.3, -0.25) is 0 Å². The summed E-state index contributed by atoms with van der Waals surface area (Å²) in [6.07, 6.45) is 6.63. The molecule has 0 fully saturated rings. The van der Waals surface area contributed by atoms with Gasteiger partial charge in [-0.1, -0.05) is 26.7 Å². The number of nitrogens with zero attached hydrogens (tertiary/aromatic N) is 1. The van der Waals surface area contributed by atoms with Crippen LogP contribution in [-0.2, 0) is 0 Å². The predicted molar refractivity (Wildman–Crippen MR) is 73.9 cm³/mol. The number of hydrogen-bond donors (Lipinski definition) is 1. The van der Waals surface area contributed by atoms with Crippen molar-refractivity contribution in [2.45, 2.75) is 58.9 Å². The highest BCUT2D eigenvalue weighted by molar-refractivity contribution is 7.80. The molecule has 0 N–H and O–H groups in total. The first-order valence-corrected chi connectivity index (χ1v) is 7.02. The fourth-order valence-electron chi connectivity index (χ4n) is 1.91. The van der Waals surface area contributed by atoms with Crippen molar-refractivity contribution >= 4 is 12.6 Å². The second kappa shape index (κ2) is 9.53. The average Bonchev–Trinajstić information content (AvgIpc) is 2.16. The van der Waals surface area contributed by atoms with Gasteiger partial charge in [-0.05, 0) is 51.4 Å². The lowest BCUT2D eigenvalue weighted by Crippen LogP contribution is -2.31. The first kappa shape index (κ1) is 15.3. The summed E-state index contributed by atoms with van der Waals surface area (Å²) in [6.45, 7) is 8.20. The maximum absolute atomic E-state index is 4.22. The Kier molecular flexibility index (Phi) is 9.73. The Balaban J connectivity index is 3.42. The van der Waals surface area contributed by atoms with Crippen LogP contribution in [0.4, 0.5) is 0 Å². The van der Waals surface area contributed by atoms with Crippen LogP contribution in [-0.4, -0.2) is 30.3 Å². The van der Waals surface area contributed by atoms with Crippen LogP contribution in [0.15, 0.2) is 0 Å². The topological polar surface area (TPSA) is 3.24 Å². The lowest BCUT2D eigenvalue weighted by atomic mass is 10.0. The van der Waals surface area contributed by atoms with Crippen LogP contribution >= 0.6 is 12.6 Å². The molecule has 1 atom stereocenters. The van der Waals surface area contributed by atoms with E-state index in [2.05, 4.69) is 45.3 Å². The van der Waals surface area contributed by atoms with E-state index >= 15 is 0 Å². The van der Waals surface area contributed by atoms with Crippen LogP contribution in [0.25, 0.3) is 0 Å². The van der Waals surface area contributed by atoms with E-state index in [1.54, 1.807) is 0 Å². The molecule has 15 heavy (non-hydrogen) atoms. The van der Waals surface area contributed by atoms with Crippen molar-refractivity contribution < 1.29 is 0 Å². The van der Waals surface area contributed by atoms with Crippen LogP contribution in [0.2, 0.25) is 0 Å². The third-order valence-corrected chi connectivity index (χ3v) is 3.30. The molecular weight excluding hydrogens is 202 g/mol. The standard InChI is InChI=1S/C13H29NS/c1-12(2)11-13(3)14(4)9-7-5-6-8-10-15/h12-13,15H,5-11H2,1-4H3. The van der Waals surface area contributed by atoms with Gasteiger partial charge >= 0.3 is 0 Å². The van der Waals surface area contributed by atoms with E-state index in [0.717, 1.165) is 17.7 Å². The third-order valence-electron chi connectivity index (χ3n) is 2.98. The second-order valence-electron chi connectivity index (χ2n) is 5.10. The molecule has 0 bridgehead atoms. The highest BCUT2D eigenvalue weighted by Crippen LogP contribution is 2.10. The van der Waals surface area contributed by atoms with Gasteiger partial charge in [0.15, 0.2) is 0 Å². The van der Waals surface area contributed by atoms with Gasteiger partial charge in [0.1, 0.15) is 0 Å². The smallest absolute Gasteiger partial charge is 0.00663 e. The van der Waals surface area contributed by atoms with Crippen molar-refractivity contribution in [1.29, 1.82) is 0 Å². The van der Waals surface area contributed by atoms with Crippen LogP contribution in [0.1, 0.15) is 52.9 Å². The Bertz CT molecular complexity index is 136. The molecule has 0 saturated carbocycles. The van der Waals surface area contributed by atoms with Crippen molar-refractivity contribution in [2.75, 3.05) is 19.3 Å². The molecule has 0 aliphatic carbocycles. The van der Waals surface area contributed by atoms with E-state index in [9.17, 15) is 0 Å². The Hall–Kier alpha value is 0.310. The molecule has 0 aliphatic heterocycles. The normalized spacial score (nSPS) is 13.8. The largest absolute Gasteiger partial charge is 0.304 e. The first-order valence-electron chi connectivity index (χ1n) is 6.39. The van der Waals surface area contributed by atoms with Crippen molar-refractivity contribution in [3.63, 3.8) is 0 Å². The fraction of sp³-hybridized carbons (Fsp3) is 1.00. The summed E-state index contributed by atoms with van der Waals surface area (Å²) in [6, 6.07) is 0.731. The van der Waals surface area contributed by atoms with Gasteiger partial charge < -0.3 is 4.90 Å². The van der Waals surface area contributed by atoms with Crippen molar-refractivity contribution in [3.05, 3.63) is 0 Å². The maximum atomic E-state index is 4.22. The highest BCUT2D eigenvalue weighted by atomic mass is 32.1. The van der Waals surface area contributed by atoms with Crippen LogP contribution in [0.3, 0.4) is 0 Å². The Labute approximate surface area is 102 Å². The molecule has 0 aromatic carbocycles. The second-order valence-corrected chi connectivity index (χ2v) is 5.54. The fourth-order valence-corrected chi connectivity index (χ4v) is 2.13. The van der Waals surface area contributed by atoms with Crippen molar-refractivity contribution in [3.8, 4) is 0 Å². The average molecular weight is 231 g/mol. The molecule has 0 aliphatic rings. The summed E-state index contributed by atoms with van der Waals surface area (Å²) in [7, 11) is 2.26. The van der Waals surface area contributed by atoms with Gasteiger partial charge in [-0.25, -0.2) is 0 Å². The van der Waals surface area contributed by atoms with Gasteiger partial charge in [-0.2, -0.15) is 12.6 Å². The Morgan fingerprint density at radius 1 is 1.00 bits per heavy atom. The molecule has 92 valence electrons. The number of unbranched alkanes of at least 4 members (excludes halogenated alkanes) is 3.